The number of ether oxygens (including phenoxy) is 3. The van der Waals surface area contributed by atoms with Gasteiger partial charge in [-0.25, -0.2) is 0 Å². The Morgan fingerprint density at radius 1 is 0.625 bits per heavy atom. The van der Waals surface area contributed by atoms with E-state index < -0.39 is 5.97 Å². The summed E-state index contributed by atoms with van der Waals surface area (Å²) in [6.07, 6.45) is 18.2. The lowest BCUT2D eigenvalue weighted by Gasteiger charge is -2.28. The van der Waals surface area contributed by atoms with Crippen LogP contribution in [0.4, 0.5) is 0 Å². The van der Waals surface area contributed by atoms with Crippen LogP contribution >= 0.6 is 0 Å². The largest absolute Gasteiger partial charge is 0.354 e. The van der Waals surface area contributed by atoms with Crippen molar-refractivity contribution in [2.24, 2.45) is 0 Å². The van der Waals surface area contributed by atoms with Crippen molar-refractivity contribution in [3.05, 3.63) is 24.5 Å². The Morgan fingerprint density at radius 3 is 1.50 bits per heavy atom. The fourth-order valence-electron chi connectivity index (χ4n) is 3.13. The van der Waals surface area contributed by atoms with Crippen molar-refractivity contribution in [3.63, 3.8) is 0 Å². The smallest absolute Gasteiger partial charge is 0.282 e. The minimum absolute atomic E-state index is 0.790. The Bertz CT molecular complexity index is 366. The summed E-state index contributed by atoms with van der Waals surface area (Å²) in [4.78, 5) is 0. The Morgan fingerprint density at radius 2 is 1.04 bits per heavy atom. The molecule has 1 aromatic rings. The molecule has 0 amide bonds. The molecule has 1 heterocycles. The van der Waals surface area contributed by atoms with Gasteiger partial charge in [-0.05, 0) is 25.0 Å². The van der Waals surface area contributed by atoms with Crippen LogP contribution in [0, 0.1) is 0 Å². The van der Waals surface area contributed by atoms with Gasteiger partial charge in [-0.1, -0.05) is 51.4 Å². The van der Waals surface area contributed by atoms with E-state index in [-0.39, 0.29) is 0 Å². The molecule has 140 valence electrons. The van der Waals surface area contributed by atoms with Gasteiger partial charge < -0.3 is 18.8 Å². The third-order valence-electron chi connectivity index (χ3n) is 4.75. The predicted octanol–water partition coefficient (Wildman–Crippen LogP) is 5.37. The molecule has 0 spiro atoms. The monoisotopic (exact) mass is 339 g/mol. The van der Waals surface area contributed by atoms with Crippen molar-refractivity contribution < 1.29 is 14.2 Å². The lowest BCUT2D eigenvalue weighted by molar-refractivity contribution is -0.355. The van der Waals surface area contributed by atoms with Crippen LogP contribution in [0.5, 0.6) is 0 Å². The number of unbranched alkanes of at least 4 members (excludes halogenated alkanes) is 9. The molecule has 0 aliphatic carbocycles. The minimum atomic E-state index is -0.847. The van der Waals surface area contributed by atoms with Crippen LogP contribution in [0.1, 0.15) is 70.6 Å². The highest BCUT2D eigenvalue weighted by Crippen LogP contribution is 2.21. The van der Waals surface area contributed by atoms with Crippen molar-refractivity contribution in [3.8, 4) is 0 Å². The topological polar surface area (TPSA) is 32.6 Å². The second-order valence-electron chi connectivity index (χ2n) is 6.50. The standard InChI is InChI=1S/C20H37NO3/c1-22-20(23-2,24-3)16-12-10-8-6-4-5-7-9-11-13-17-21-18-14-15-19-21/h14-15,18-19H,4-13,16-17H2,1-3H3. The fourth-order valence-corrected chi connectivity index (χ4v) is 3.13. The number of aryl methyl sites for hydroxylation is 1. The molecule has 1 aromatic heterocycles. The number of rotatable bonds is 16. The molecule has 0 radical (unpaired) electrons. The summed E-state index contributed by atoms with van der Waals surface area (Å²) >= 11 is 0. The van der Waals surface area contributed by atoms with Crippen molar-refractivity contribution in [1.82, 2.24) is 4.57 Å². The van der Waals surface area contributed by atoms with Crippen LogP contribution in [0.3, 0.4) is 0 Å². The third-order valence-corrected chi connectivity index (χ3v) is 4.75. The van der Waals surface area contributed by atoms with Gasteiger partial charge in [0.2, 0.25) is 0 Å². The lowest BCUT2D eigenvalue weighted by atomic mass is 10.1. The van der Waals surface area contributed by atoms with Crippen molar-refractivity contribution in [2.45, 2.75) is 83.1 Å². The number of hydrogen-bond donors (Lipinski definition) is 0. The van der Waals surface area contributed by atoms with E-state index in [0.29, 0.717) is 0 Å². The molecule has 0 saturated heterocycles. The van der Waals surface area contributed by atoms with Crippen LogP contribution < -0.4 is 0 Å². The third kappa shape index (κ3) is 8.86. The SMILES string of the molecule is COC(CCCCCCCCCCCCn1cccc1)(OC)OC. The first-order valence-corrected chi connectivity index (χ1v) is 9.52. The molecule has 0 aliphatic heterocycles. The molecule has 0 fully saturated rings. The van der Waals surface area contributed by atoms with E-state index in [1.165, 1.54) is 64.3 Å². The molecule has 0 unspecified atom stereocenters. The van der Waals surface area contributed by atoms with E-state index >= 15 is 0 Å². The molecule has 0 bridgehead atoms. The van der Waals surface area contributed by atoms with E-state index in [4.69, 9.17) is 14.2 Å². The highest BCUT2D eigenvalue weighted by atomic mass is 16.9. The summed E-state index contributed by atoms with van der Waals surface area (Å²) in [5.74, 6) is -0.847. The average Bonchev–Trinajstić information content (AvgIpc) is 3.13. The van der Waals surface area contributed by atoms with Crippen LogP contribution in [0.25, 0.3) is 0 Å². The molecular formula is C20H37NO3. The van der Waals surface area contributed by atoms with Crippen molar-refractivity contribution in [2.75, 3.05) is 21.3 Å². The molecule has 1 rings (SSSR count). The highest BCUT2D eigenvalue weighted by molar-refractivity contribution is 4.89. The maximum Gasteiger partial charge on any atom is 0.282 e. The summed E-state index contributed by atoms with van der Waals surface area (Å²) in [6, 6.07) is 4.19. The Hall–Kier alpha value is -0.840. The summed E-state index contributed by atoms with van der Waals surface area (Å²) in [5.41, 5.74) is 0. The van der Waals surface area contributed by atoms with Gasteiger partial charge in [0.25, 0.3) is 5.97 Å². The first-order valence-electron chi connectivity index (χ1n) is 9.52. The number of nitrogens with zero attached hydrogens (tertiary/aromatic N) is 1. The summed E-state index contributed by atoms with van der Waals surface area (Å²) in [5, 5.41) is 0. The predicted molar refractivity (Wildman–Crippen MR) is 99.0 cm³/mol. The second-order valence-corrected chi connectivity index (χ2v) is 6.50. The van der Waals surface area contributed by atoms with Gasteiger partial charge in [-0.2, -0.15) is 0 Å². The lowest BCUT2D eigenvalue weighted by Crippen LogP contribution is -2.35. The molecule has 0 N–H and O–H groups in total. The van der Waals surface area contributed by atoms with Crippen LogP contribution in [-0.2, 0) is 20.8 Å². The summed E-state index contributed by atoms with van der Waals surface area (Å²) in [7, 11) is 4.89. The van der Waals surface area contributed by atoms with E-state index in [9.17, 15) is 0 Å². The zero-order valence-electron chi connectivity index (χ0n) is 16.0. The summed E-state index contributed by atoms with van der Waals surface area (Å²) < 4.78 is 18.2. The van der Waals surface area contributed by atoms with Crippen LogP contribution in [0.15, 0.2) is 24.5 Å². The van der Waals surface area contributed by atoms with Gasteiger partial charge in [-0.3, -0.25) is 0 Å². The molecule has 0 atom stereocenters. The fraction of sp³-hybridized carbons (Fsp3) is 0.800. The second kappa shape index (κ2) is 13.5. The normalized spacial score (nSPS) is 12.0. The molecule has 4 nitrogen and oxygen atoms in total. The molecular weight excluding hydrogens is 302 g/mol. The number of hydrogen-bond acceptors (Lipinski definition) is 3. The molecule has 0 aromatic carbocycles. The van der Waals surface area contributed by atoms with Gasteiger partial charge in [-0.15, -0.1) is 0 Å². The maximum absolute atomic E-state index is 5.31. The van der Waals surface area contributed by atoms with E-state index in [0.717, 1.165) is 12.8 Å². The van der Waals surface area contributed by atoms with Gasteiger partial charge >= 0.3 is 0 Å². The van der Waals surface area contributed by atoms with Crippen LogP contribution in [0.2, 0.25) is 0 Å². The number of aromatic nitrogens is 1. The Labute approximate surface area is 148 Å². The highest BCUT2D eigenvalue weighted by Gasteiger charge is 2.28. The van der Waals surface area contributed by atoms with Gasteiger partial charge in [0.1, 0.15) is 0 Å². The zero-order valence-corrected chi connectivity index (χ0v) is 16.0. The van der Waals surface area contributed by atoms with Crippen molar-refractivity contribution in [1.29, 1.82) is 0 Å². The quantitative estimate of drug-likeness (QED) is 0.300. The molecule has 4 heteroatoms. The van der Waals surface area contributed by atoms with E-state index in [1.807, 2.05) is 0 Å². The van der Waals surface area contributed by atoms with Crippen LogP contribution in [-0.4, -0.2) is 31.9 Å². The Kier molecular flexibility index (Phi) is 11.9. The van der Waals surface area contributed by atoms with Crippen molar-refractivity contribution >= 4 is 0 Å². The number of methoxy groups -OCH3 is 3. The summed E-state index contributed by atoms with van der Waals surface area (Å²) in [6.45, 7) is 1.17. The first kappa shape index (κ1) is 21.2. The van der Waals surface area contributed by atoms with E-state index in [2.05, 4.69) is 29.1 Å². The minimum Gasteiger partial charge on any atom is -0.354 e. The first-order chi connectivity index (χ1) is 11.8. The van der Waals surface area contributed by atoms with Gasteiger partial charge in [0, 0.05) is 46.7 Å². The van der Waals surface area contributed by atoms with Gasteiger partial charge in [0.15, 0.2) is 0 Å². The van der Waals surface area contributed by atoms with Gasteiger partial charge in [0.05, 0.1) is 0 Å². The molecule has 24 heavy (non-hydrogen) atoms. The Balaban J connectivity index is 1.83. The van der Waals surface area contributed by atoms with E-state index in [1.54, 1.807) is 21.3 Å². The zero-order chi connectivity index (χ0) is 17.5. The maximum atomic E-state index is 5.31. The average molecular weight is 340 g/mol. The molecule has 0 aliphatic rings. The molecule has 0 saturated carbocycles.